The average molecular weight is 316 g/mol. The van der Waals surface area contributed by atoms with Crippen LogP contribution in [0.4, 0.5) is 4.79 Å². The quantitative estimate of drug-likeness (QED) is 0.504. The summed E-state index contributed by atoms with van der Waals surface area (Å²) in [5.74, 6) is 0.558. The Kier molecular flexibility index (Phi) is 9.81. The maximum Gasteiger partial charge on any atom is 0.407 e. The van der Waals surface area contributed by atoms with E-state index in [-0.39, 0.29) is 12.1 Å². The second-order valence-electron chi connectivity index (χ2n) is 6.77. The minimum Gasteiger partial charge on any atom is -0.469 e. The highest BCUT2D eigenvalue weighted by atomic mass is 16.6. The minimum atomic E-state index is -0.483. The first-order valence-corrected chi connectivity index (χ1v) is 7.90. The van der Waals surface area contributed by atoms with Crippen LogP contribution in [0, 0.1) is 11.8 Å². The topological polar surface area (TPSA) is 76.7 Å². The van der Waals surface area contributed by atoms with Gasteiger partial charge in [-0.1, -0.05) is 13.8 Å². The number of alkyl carbamates (subject to hydrolysis) is 1. The van der Waals surface area contributed by atoms with Crippen molar-refractivity contribution >= 4 is 12.1 Å². The third kappa shape index (κ3) is 11.4. The Morgan fingerprint density at radius 2 is 1.77 bits per heavy atom. The lowest BCUT2D eigenvalue weighted by Gasteiger charge is -2.24. The molecule has 2 N–H and O–H groups in total. The minimum absolute atomic E-state index is 0.186. The van der Waals surface area contributed by atoms with Crippen LogP contribution < -0.4 is 10.6 Å². The lowest BCUT2D eigenvalue weighted by Crippen LogP contribution is -2.39. The standard InChI is InChI=1S/C16H32N2O4/c1-12(2)13(10-17-9-7-8-14(19)21-6)11-18-15(20)22-16(3,4)5/h12-13,17H,7-11H2,1-6H3,(H,18,20). The number of carbonyl (C=O) groups is 2. The van der Waals surface area contributed by atoms with Gasteiger partial charge in [-0.25, -0.2) is 4.79 Å². The van der Waals surface area contributed by atoms with Crippen LogP contribution >= 0.6 is 0 Å². The third-order valence-corrected chi connectivity index (χ3v) is 3.22. The van der Waals surface area contributed by atoms with Gasteiger partial charge in [-0.05, 0) is 52.1 Å². The van der Waals surface area contributed by atoms with Crippen molar-refractivity contribution in [3.63, 3.8) is 0 Å². The van der Waals surface area contributed by atoms with Crippen molar-refractivity contribution < 1.29 is 19.1 Å². The number of methoxy groups -OCH3 is 1. The summed E-state index contributed by atoms with van der Waals surface area (Å²) in [6.07, 6.45) is 0.784. The average Bonchev–Trinajstić information content (AvgIpc) is 2.38. The zero-order valence-electron chi connectivity index (χ0n) is 14.8. The number of rotatable bonds is 9. The number of hydrogen-bond acceptors (Lipinski definition) is 5. The van der Waals surface area contributed by atoms with Gasteiger partial charge in [0.1, 0.15) is 5.60 Å². The molecule has 0 saturated heterocycles. The summed E-state index contributed by atoms with van der Waals surface area (Å²) in [5.41, 5.74) is -0.483. The zero-order chi connectivity index (χ0) is 17.2. The van der Waals surface area contributed by atoms with E-state index in [1.54, 1.807) is 0 Å². The summed E-state index contributed by atoms with van der Waals surface area (Å²) in [7, 11) is 1.40. The molecule has 0 fully saturated rings. The molecule has 0 aromatic carbocycles. The molecule has 0 rings (SSSR count). The maximum absolute atomic E-state index is 11.7. The highest BCUT2D eigenvalue weighted by Gasteiger charge is 2.18. The molecule has 6 nitrogen and oxygen atoms in total. The second kappa shape index (κ2) is 10.4. The lowest BCUT2D eigenvalue weighted by atomic mass is 9.96. The summed E-state index contributed by atoms with van der Waals surface area (Å²) in [6.45, 7) is 11.9. The van der Waals surface area contributed by atoms with Crippen molar-refractivity contribution in [3.8, 4) is 0 Å². The molecule has 0 spiro atoms. The Hall–Kier alpha value is -1.30. The molecule has 1 unspecified atom stereocenters. The Morgan fingerprint density at radius 1 is 1.14 bits per heavy atom. The van der Waals surface area contributed by atoms with Gasteiger partial charge in [-0.2, -0.15) is 0 Å². The van der Waals surface area contributed by atoms with Crippen molar-refractivity contribution in [1.82, 2.24) is 10.6 Å². The predicted molar refractivity (Wildman–Crippen MR) is 86.7 cm³/mol. The van der Waals surface area contributed by atoms with E-state index >= 15 is 0 Å². The molecule has 0 aliphatic rings. The van der Waals surface area contributed by atoms with Crippen LogP contribution in [0.1, 0.15) is 47.5 Å². The largest absolute Gasteiger partial charge is 0.469 e. The number of hydrogen-bond donors (Lipinski definition) is 2. The van der Waals surface area contributed by atoms with Gasteiger partial charge in [0.05, 0.1) is 7.11 Å². The molecular formula is C16H32N2O4. The Balaban J connectivity index is 3.97. The fraction of sp³-hybridized carbons (Fsp3) is 0.875. The summed E-state index contributed by atoms with van der Waals surface area (Å²) >= 11 is 0. The molecule has 0 aromatic heterocycles. The number of amides is 1. The van der Waals surface area contributed by atoms with Crippen LogP contribution in [0.3, 0.4) is 0 Å². The number of esters is 1. The van der Waals surface area contributed by atoms with Gasteiger partial charge < -0.3 is 20.1 Å². The van der Waals surface area contributed by atoms with Crippen LogP contribution in [-0.4, -0.2) is 44.4 Å². The van der Waals surface area contributed by atoms with E-state index in [0.29, 0.717) is 24.8 Å². The molecule has 0 aliphatic carbocycles. The molecule has 6 heteroatoms. The second-order valence-corrected chi connectivity index (χ2v) is 6.77. The van der Waals surface area contributed by atoms with Crippen LogP contribution in [-0.2, 0) is 14.3 Å². The highest BCUT2D eigenvalue weighted by Crippen LogP contribution is 2.10. The van der Waals surface area contributed by atoms with Crippen LogP contribution in [0.15, 0.2) is 0 Å². The van der Waals surface area contributed by atoms with Gasteiger partial charge >= 0.3 is 12.1 Å². The predicted octanol–water partition coefficient (Wildman–Crippen LogP) is 2.33. The fourth-order valence-electron chi connectivity index (χ4n) is 1.82. The first-order valence-electron chi connectivity index (χ1n) is 7.90. The number of ether oxygens (including phenoxy) is 2. The summed E-state index contributed by atoms with van der Waals surface area (Å²) < 4.78 is 9.82. The van der Waals surface area contributed by atoms with E-state index in [1.165, 1.54) is 7.11 Å². The zero-order valence-corrected chi connectivity index (χ0v) is 14.8. The first kappa shape index (κ1) is 20.7. The molecule has 0 heterocycles. The van der Waals surface area contributed by atoms with Gasteiger partial charge in [0.25, 0.3) is 0 Å². The third-order valence-electron chi connectivity index (χ3n) is 3.22. The van der Waals surface area contributed by atoms with Crippen molar-refractivity contribution in [3.05, 3.63) is 0 Å². The SMILES string of the molecule is COC(=O)CCCNCC(CNC(=O)OC(C)(C)C)C(C)C. The molecule has 0 saturated carbocycles. The van der Waals surface area contributed by atoms with E-state index in [0.717, 1.165) is 19.5 Å². The fourth-order valence-corrected chi connectivity index (χ4v) is 1.82. The molecule has 130 valence electrons. The van der Waals surface area contributed by atoms with Crippen LogP contribution in [0.5, 0.6) is 0 Å². The molecular weight excluding hydrogens is 284 g/mol. The maximum atomic E-state index is 11.7. The van der Waals surface area contributed by atoms with E-state index in [4.69, 9.17) is 4.74 Å². The van der Waals surface area contributed by atoms with Crippen molar-refractivity contribution in [1.29, 1.82) is 0 Å². The summed E-state index contributed by atoms with van der Waals surface area (Å²) in [5, 5.41) is 6.13. The van der Waals surface area contributed by atoms with Gasteiger partial charge in [-0.3, -0.25) is 4.79 Å². The van der Waals surface area contributed by atoms with E-state index < -0.39 is 5.60 Å². The Morgan fingerprint density at radius 3 is 2.27 bits per heavy atom. The molecule has 0 aromatic rings. The molecule has 0 bridgehead atoms. The summed E-state index contributed by atoms with van der Waals surface area (Å²) in [4.78, 5) is 22.7. The van der Waals surface area contributed by atoms with Crippen molar-refractivity contribution in [2.45, 2.75) is 53.1 Å². The monoisotopic (exact) mass is 316 g/mol. The molecule has 1 atom stereocenters. The molecule has 1 amide bonds. The van der Waals surface area contributed by atoms with Crippen LogP contribution in [0.2, 0.25) is 0 Å². The molecule has 0 radical (unpaired) electrons. The molecule has 0 aliphatic heterocycles. The summed E-state index contributed by atoms with van der Waals surface area (Å²) in [6, 6.07) is 0. The number of carbonyl (C=O) groups excluding carboxylic acids is 2. The van der Waals surface area contributed by atoms with Crippen LogP contribution in [0.25, 0.3) is 0 Å². The van der Waals surface area contributed by atoms with Gasteiger partial charge in [-0.15, -0.1) is 0 Å². The van der Waals surface area contributed by atoms with Gasteiger partial charge in [0.2, 0.25) is 0 Å². The van der Waals surface area contributed by atoms with Crippen molar-refractivity contribution in [2.75, 3.05) is 26.7 Å². The highest BCUT2D eigenvalue weighted by molar-refractivity contribution is 5.69. The Labute approximate surface area is 134 Å². The van der Waals surface area contributed by atoms with Gasteiger partial charge in [0, 0.05) is 13.0 Å². The number of nitrogens with one attached hydrogen (secondary N) is 2. The molecule has 22 heavy (non-hydrogen) atoms. The normalized spacial score (nSPS) is 12.9. The van der Waals surface area contributed by atoms with E-state index in [2.05, 4.69) is 29.2 Å². The smallest absolute Gasteiger partial charge is 0.407 e. The van der Waals surface area contributed by atoms with E-state index in [1.807, 2.05) is 20.8 Å². The van der Waals surface area contributed by atoms with Crippen molar-refractivity contribution in [2.24, 2.45) is 11.8 Å². The Bertz CT molecular complexity index is 338. The lowest BCUT2D eigenvalue weighted by molar-refractivity contribution is -0.140. The van der Waals surface area contributed by atoms with E-state index in [9.17, 15) is 9.59 Å². The van der Waals surface area contributed by atoms with Gasteiger partial charge in [0.15, 0.2) is 0 Å². The first-order chi connectivity index (χ1) is 10.2.